The molecule has 1 fully saturated rings. The topological polar surface area (TPSA) is 105 Å². The number of aliphatic imine (C=N–C) groups is 1. The van der Waals surface area contributed by atoms with Crippen LogP contribution in [-0.2, 0) is 16.0 Å². The van der Waals surface area contributed by atoms with Gasteiger partial charge in [-0.25, -0.2) is 9.79 Å². The Bertz CT molecular complexity index is 1100. The number of rotatable bonds is 6. The van der Waals surface area contributed by atoms with Crippen LogP contribution in [0.3, 0.4) is 0 Å². The van der Waals surface area contributed by atoms with Gasteiger partial charge in [0.15, 0.2) is 5.17 Å². The molecule has 0 bridgehead atoms. The number of aliphatic hydroxyl groups is 1. The van der Waals surface area contributed by atoms with Crippen LogP contribution in [0.25, 0.3) is 0 Å². The Labute approximate surface area is 189 Å². The van der Waals surface area contributed by atoms with E-state index in [9.17, 15) is 20.0 Å². The summed E-state index contributed by atoms with van der Waals surface area (Å²) in [6.45, 7) is 1.73. The van der Waals surface area contributed by atoms with Gasteiger partial charge in [-0.3, -0.25) is 10.1 Å². The molecular formula is C23H23N3O5S. The zero-order valence-corrected chi connectivity index (χ0v) is 18.5. The number of nitro groups is 1. The molecule has 2 aliphatic heterocycles. The van der Waals surface area contributed by atoms with Gasteiger partial charge in [0, 0.05) is 24.3 Å². The van der Waals surface area contributed by atoms with Crippen molar-refractivity contribution in [2.75, 3.05) is 12.9 Å². The van der Waals surface area contributed by atoms with Crippen molar-refractivity contribution in [3.05, 3.63) is 87.1 Å². The van der Waals surface area contributed by atoms with Gasteiger partial charge in [-0.1, -0.05) is 42.1 Å². The zero-order chi connectivity index (χ0) is 22.9. The maximum atomic E-state index is 12.7. The maximum absolute atomic E-state index is 12.7. The van der Waals surface area contributed by atoms with Crippen molar-refractivity contribution in [3.8, 4) is 0 Å². The molecule has 8 nitrogen and oxygen atoms in total. The monoisotopic (exact) mass is 453 g/mol. The van der Waals surface area contributed by atoms with Gasteiger partial charge in [0.25, 0.3) is 5.69 Å². The first kappa shape index (κ1) is 22.0. The number of carbonyl (C=O) groups is 1. The van der Waals surface area contributed by atoms with Gasteiger partial charge in [0.05, 0.1) is 29.3 Å². The lowest BCUT2D eigenvalue weighted by atomic mass is 9.91. The molecule has 0 radical (unpaired) electrons. The number of carbonyl (C=O) groups excluding carboxylic acids is 1. The Morgan fingerprint density at radius 3 is 2.59 bits per heavy atom. The number of non-ortho nitro benzene ring substituents is 1. The van der Waals surface area contributed by atoms with Crippen LogP contribution in [-0.4, -0.2) is 44.7 Å². The van der Waals surface area contributed by atoms with E-state index in [0.29, 0.717) is 40.6 Å². The molecule has 166 valence electrons. The first-order chi connectivity index (χ1) is 15.3. The lowest BCUT2D eigenvalue weighted by molar-refractivity contribution is -0.384. The van der Waals surface area contributed by atoms with E-state index in [1.165, 1.54) is 31.0 Å². The van der Waals surface area contributed by atoms with E-state index >= 15 is 0 Å². The fraction of sp³-hybridized carbons (Fsp3) is 0.304. The highest BCUT2D eigenvalue weighted by atomic mass is 32.2. The van der Waals surface area contributed by atoms with Crippen LogP contribution in [0.15, 0.2) is 70.9 Å². The summed E-state index contributed by atoms with van der Waals surface area (Å²) in [5.74, 6) is -0.153. The number of ether oxygens (including phenoxy) is 1. The normalized spacial score (nSPS) is 22.4. The Morgan fingerprint density at radius 2 is 1.97 bits per heavy atom. The molecule has 9 heteroatoms. The maximum Gasteiger partial charge on any atom is 0.338 e. The second-order valence-corrected chi connectivity index (χ2v) is 8.71. The summed E-state index contributed by atoms with van der Waals surface area (Å²) in [4.78, 5) is 29.7. The predicted octanol–water partition coefficient (Wildman–Crippen LogP) is 3.82. The first-order valence-electron chi connectivity index (χ1n) is 10.1. The largest absolute Gasteiger partial charge is 0.466 e. The van der Waals surface area contributed by atoms with Crippen LogP contribution in [0.1, 0.15) is 30.5 Å². The summed E-state index contributed by atoms with van der Waals surface area (Å²) in [6.07, 6.45) is 1.07. The van der Waals surface area contributed by atoms with Gasteiger partial charge >= 0.3 is 5.97 Å². The third kappa shape index (κ3) is 4.01. The number of hydrogen-bond donors (Lipinski definition) is 1. The lowest BCUT2D eigenvalue weighted by Gasteiger charge is -2.42. The molecule has 2 aromatic rings. The molecule has 2 unspecified atom stereocenters. The average Bonchev–Trinajstić information content (AvgIpc) is 3.13. The molecule has 4 rings (SSSR count). The van der Waals surface area contributed by atoms with Gasteiger partial charge in [-0.05, 0) is 36.6 Å². The minimum Gasteiger partial charge on any atom is -0.466 e. The van der Waals surface area contributed by atoms with E-state index in [1.54, 1.807) is 24.0 Å². The minimum absolute atomic E-state index is 0.0473. The molecule has 0 aliphatic carbocycles. The molecule has 2 heterocycles. The Morgan fingerprint density at radius 1 is 1.28 bits per heavy atom. The molecule has 0 aromatic heterocycles. The predicted molar refractivity (Wildman–Crippen MR) is 122 cm³/mol. The van der Waals surface area contributed by atoms with Crippen LogP contribution in [0.4, 0.5) is 5.69 Å². The molecule has 2 aromatic carbocycles. The lowest BCUT2D eigenvalue weighted by Crippen LogP contribution is -2.52. The van der Waals surface area contributed by atoms with Gasteiger partial charge in [-0.2, -0.15) is 0 Å². The molecule has 2 atom stereocenters. The van der Waals surface area contributed by atoms with E-state index in [-0.39, 0.29) is 5.69 Å². The van der Waals surface area contributed by atoms with Crippen molar-refractivity contribution >= 4 is 28.6 Å². The highest BCUT2D eigenvalue weighted by Crippen LogP contribution is 2.47. The Hall–Kier alpha value is -3.17. The third-order valence-corrected chi connectivity index (χ3v) is 6.91. The second kappa shape index (κ2) is 8.76. The van der Waals surface area contributed by atoms with E-state index in [1.807, 2.05) is 30.3 Å². The number of esters is 1. The average molecular weight is 454 g/mol. The number of amidine groups is 1. The number of nitrogens with zero attached hydrogens (tertiary/aromatic N) is 3. The second-order valence-electron chi connectivity index (χ2n) is 7.76. The van der Waals surface area contributed by atoms with Crippen LogP contribution in [0.5, 0.6) is 0 Å². The first-order valence-corrected chi connectivity index (χ1v) is 11.1. The van der Waals surface area contributed by atoms with Crippen LogP contribution < -0.4 is 0 Å². The number of fused-ring (bicyclic) bond motifs is 1. The molecule has 32 heavy (non-hydrogen) atoms. The van der Waals surface area contributed by atoms with Crippen molar-refractivity contribution in [2.24, 2.45) is 4.99 Å². The summed E-state index contributed by atoms with van der Waals surface area (Å²) < 4.78 is 5.03. The molecular weight excluding hydrogens is 430 g/mol. The van der Waals surface area contributed by atoms with E-state index in [0.717, 1.165) is 5.56 Å². The number of thioether (sulfide) groups is 1. The SMILES string of the molecule is COC(=O)C1=C(C)N=C2SCC(O)(CCc3ccccc3)N2C1c1ccc([N+](=O)[O-])cc1. The Kier molecular flexibility index (Phi) is 6.03. The summed E-state index contributed by atoms with van der Waals surface area (Å²) in [5.41, 5.74) is 1.25. The molecule has 0 spiro atoms. The van der Waals surface area contributed by atoms with Gasteiger partial charge in [0.1, 0.15) is 5.72 Å². The van der Waals surface area contributed by atoms with Crippen molar-refractivity contribution in [2.45, 2.75) is 31.5 Å². The number of benzene rings is 2. The van der Waals surface area contributed by atoms with E-state index < -0.39 is 22.7 Å². The number of methoxy groups -OCH3 is 1. The van der Waals surface area contributed by atoms with E-state index in [4.69, 9.17) is 4.74 Å². The molecule has 2 aliphatic rings. The number of hydrogen-bond acceptors (Lipinski definition) is 8. The number of allylic oxidation sites excluding steroid dienone is 1. The minimum atomic E-state index is -1.26. The third-order valence-electron chi connectivity index (χ3n) is 5.75. The van der Waals surface area contributed by atoms with Crippen LogP contribution in [0, 0.1) is 10.1 Å². The molecule has 1 N–H and O–H groups in total. The fourth-order valence-corrected chi connectivity index (χ4v) is 5.37. The van der Waals surface area contributed by atoms with Gasteiger partial charge in [0.2, 0.25) is 0 Å². The van der Waals surface area contributed by atoms with Crippen LogP contribution >= 0.6 is 11.8 Å². The zero-order valence-electron chi connectivity index (χ0n) is 17.7. The summed E-state index contributed by atoms with van der Waals surface area (Å²) >= 11 is 1.43. The highest BCUT2D eigenvalue weighted by molar-refractivity contribution is 8.14. The summed E-state index contributed by atoms with van der Waals surface area (Å²) in [7, 11) is 1.30. The standard InChI is InChI=1S/C23H23N3O5S/c1-15-19(21(27)31-2)20(17-8-10-18(11-9-17)26(29)30)25-22(24-15)32-14-23(25,28)13-12-16-6-4-3-5-7-16/h3-11,20,28H,12-14H2,1-2H3. The van der Waals surface area contributed by atoms with Gasteiger partial charge in [-0.15, -0.1) is 0 Å². The van der Waals surface area contributed by atoms with Crippen molar-refractivity contribution in [1.82, 2.24) is 4.90 Å². The van der Waals surface area contributed by atoms with E-state index in [2.05, 4.69) is 4.99 Å². The highest BCUT2D eigenvalue weighted by Gasteiger charge is 2.51. The summed E-state index contributed by atoms with van der Waals surface area (Å²) in [5, 5.41) is 23.5. The van der Waals surface area contributed by atoms with Crippen LogP contribution in [0.2, 0.25) is 0 Å². The van der Waals surface area contributed by atoms with Crippen molar-refractivity contribution < 1.29 is 19.6 Å². The Balaban J connectivity index is 1.75. The molecule has 0 saturated carbocycles. The van der Waals surface area contributed by atoms with Crippen molar-refractivity contribution in [1.29, 1.82) is 0 Å². The molecule has 1 saturated heterocycles. The number of nitro benzene ring substituents is 1. The fourth-order valence-electron chi connectivity index (χ4n) is 4.11. The molecule has 0 amide bonds. The van der Waals surface area contributed by atoms with Gasteiger partial charge < -0.3 is 14.7 Å². The number of aryl methyl sites for hydroxylation is 1. The smallest absolute Gasteiger partial charge is 0.338 e. The quantitative estimate of drug-likeness (QED) is 0.403. The van der Waals surface area contributed by atoms with Crippen molar-refractivity contribution in [3.63, 3.8) is 0 Å². The summed E-state index contributed by atoms with van der Waals surface area (Å²) in [6, 6.07) is 15.2.